The topological polar surface area (TPSA) is 71.1 Å². The summed E-state index contributed by atoms with van der Waals surface area (Å²) in [6.45, 7) is 2.48. The molecular formula is C21H20F3N5O. The van der Waals surface area contributed by atoms with Crippen LogP contribution in [0.4, 0.5) is 30.4 Å². The first-order valence-corrected chi connectivity index (χ1v) is 9.24. The first kappa shape index (κ1) is 19.8. The van der Waals surface area contributed by atoms with Crippen LogP contribution in [0.5, 0.6) is 5.75 Å². The molecule has 3 N–H and O–H groups in total. The van der Waals surface area contributed by atoms with E-state index in [1.54, 1.807) is 6.07 Å². The Balaban J connectivity index is 1.58. The minimum atomic E-state index is -4.68. The molecule has 0 aliphatic carbocycles. The fraction of sp³-hybridized carbons (Fsp3) is 0.238. The summed E-state index contributed by atoms with van der Waals surface area (Å²) in [5, 5.41) is 8.14. The molecule has 1 unspecified atom stereocenters. The van der Waals surface area contributed by atoms with Crippen LogP contribution in [0, 0.1) is 6.92 Å². The number of nitrogens with zero attached hydrogens (tertiary/aromatic N) is 2. The summed E-state index contributed by atoms with van der Waals surface area (Å²) in [5.74, 6) is 0.833. The first-order chi connectivity index (χ1) is 14.3. The molecule has 1 aliphatic rings. The lowest BCUT2D eigenvalue weighted by Gasteiger charge is -2.32. The fourth-order valence-corrected chi connectivity index (χ4v) is 3.32. The van der Waals surface area contributed by atoms with Crippen LogP contribution in [0.25, 0.3) is 0 Å². The van der Waals surface area contributed by atoms with Crippen molar-refractivity contribution < 1.29 is 17.9 Å². The van der Waals surface area contributed by atoms with Crippen molar-refractivity contribution in [2.45, 2.75) is 25.3 Å². The molecule has 0 radical (unpaired) electrons. The minimum absolute atomic E-state index is 0.273. The molecule has 30 heavy (non-hydrogen) atoms. The van der Waals surface area contributed by atoms with Crippen LogP contribution in [0.1, 0.15) is 16.8 Å². The number of aryl methyl sites for hydroxylation is 1. The first-order valence-electron chi connectivity index (χ1n) is 9.24. The second-order valence-electron chi connectivity index (χ2n) is 6.98. The van der Waals surface area contributed by atoms with Gasteiger partial charge in [-0.15, -0.1) is 0 Å². The highest BCUT2D eigenvalue weighted by Gasteiger charge is 2.61. The SMILES string of the molecule is COc1ccc2c(c1)NC(c1cnc(NCc3ccccc3C)cn1)(C(F)(F)F)N2. The van der Waals surface area contributed by atoms with Crippen molar-refractivity contribution in [2.75, 3.05) is 23.1 Å². The molecule has 1 aliphatic heterocycles. The Morgan fingerprint density at radius 2 is 1.80 bits per heavy atom. The zero-order chi connectivity index (χ0) is 21.4. The van der Waals surface area contributed by atoms with Gasteiger partial charge in [-0.05, 0) is 30.2 Å². The van der Waals surface area contributed by atoms with Crippen molar-refractivity contribution in [2.24, 2.45) is 0 Å². The predicted octanol–water partition coefficient (Wildman–Crippen LogP) is 4.66. The Hall–Kier alpha value is -3.49. The molecule has 1 atom stereocenters. The molecule has 0 amide bonds. The highest BCUT2D eigenvalue weighted by Crippen LogP contribution is 2.48. The molecule has 0 saturated carbocycles. The van der Waals surface area contributed by atoms with Crippen molar-refractivity contribution >= 4 is 17.2 Å². The van der Waals surface area contributed by atoms with Crippen LogP contribution >= 0.6 is 0 Å². The van der Waals surface area contributed by atoms with Gasteiger partial charge in [-0.2, -0.15) is 13.2 Å². The molecule has 4 rings (SSSR count). The number of fused-ring (bicyclic) bond motifs is 1. The van der Waals surface area contributed by atoms with Crippen molar-refractivity contribution in [1.29, 1.82) is 0 Å². The van der Waals surface area contributed by atoms with Crippen LogP contribution < -0.4 is 20.7 Å². The van der Waals surface area contributed by atoms with Crippen LogP contribution in [-0.4, -0.2) is 23.3 Å². The number of hydrogen-bond acceptors (Lipinski definition) is 6. The average Bonchev–Trinajstić information content (AvgIpc) is 3.13. The van der Waals surface area contributed by atoms with Crippen LogP contribution in [-0.2, 0) is 12.2 Å². The van der Waals surface area contributed by atoms with Gasteiger partial charge in [0.15, 0.2) is 0 Å². The molecule has 6 nitrogen and oxygen atoms in total. The third-order valence-electron chi connectivity index (χ3n) is 5.05. The van der Waals surface area contributed by atoms with Crippen LogP contribution in [0.15, 0.2) is 54.9 Å². The molecule has 0 bridgehead atoms. The van der Waals surface area contributed by atoms with Crippen LogP contribution in [0.3, 0.4) is 0 Å². The number of halogens is 3. The highest BCUT2D eigenvalue weighted by molar-refractivity contribution is 5.78. The number of anilines is 3. The Morgan fingerprint density at radius 3 is 2.47 bits per heavy atom. The Kier molecular flexibility index (Phi) is 4.89. The minimum Gasteiger partial charge on any atom is -0.497 e. The number of alkyl halides is 3. The van der Waals surface area contributed by atoms with E-state index in [2.05, 4.69) is 25.9 Å². The summed E-state index contributed by atoms with van der Waals surface area (Å²) in [7, 11) is 1.45. The van der Waals surface area contributed by atoms with E-state index in [0.29, 0.717) is 23.8 Å². The molecule has 2 heterocycles. The Labute approximate surface area is 171 Å². The van der Waals surface area contributed by atoms with Gasteiger partial charge < -0.3 is 20.7 Å². The number of methoxy groups -OCH3 is 1. The van der Waals surface area contributed by atoms with Crippen molar-refractivity contribution in [3.63, 3.8) is 0 Å². The molecular weight excluding hydrogens is 395 g/mol. The van der Waals surface area contributed by atoms with E-state index in [1.165, 1.54) is 25.4 Å². The van der Waals surface area contributed by atoms with Gasteiger partial charge in [-0.3, -0.25) is 4.98 Å². The maximum Gasteiger partial charge on any atom is 0.436 e. The van der Waals surface area contributed by atoms with Crippen molar-refractivity contribution in [1.82, 2.24) is 9.97 Å². The molecule has 3 aromatic rings. The number of rotatable bonds is 5. The summed E-state index contributed by atoms with van der Waals surface area (Å²) in [6.07, 6.45) is -2.26. The quantitative estimate of drug-likeness (QED) is 0.563. The average molecular weight is 415 g/mol. The van der Waals surface area contributed by atoms with E-state index >= 15 is 0 Å². The lowest BCUT2D eigenvalue weighted by atomic mass is 10.1. The summed E-state index contributed by atoms with van der Waals surface area (Å²) in [4.78, 5) is 8.20. The van der Waals surface area contributed by atoms with Gasteiger partial charge in [0.05, 0.1) is 30.9 Å². The standard InChI is InChI=1S/C21H20F3N5O/c1-13-5-3-4-6-14(13)10-26-19-12-25-18(11-27-19)20(21(22,23)24)28-16-8-7-15(30-2)9-17(16)29-20/h3-9,11-12,28-29H,10H2,1-2H3,(H,26,27). The predicted molar refractivity (Wildman–Crippen MR) is 109 cm³/mol. The molecule has 9 heteroatoms. The maximum atomic E-state index is 14.1. The largest absolute Gasteiger partial charge is 0.497 e. The van der Waals surface area contributed by atoms with Crippen molar-refractivity contribution in [3.05, 3.63) is 71.7 Å². The van der Waals surface area contributed by atoms with E-state index in [4.69, 9.17) is 4.74 Å². The van der Waals surface area contributed by atoms with E-state index in [9.17, 15) is 13.2 Å². The zero-order valence-corrected chi connectivity index (χ0v) is 16.3. The van der Waals surface area contributed by atoms with Crippen LogP contribution in [0.2, 0.25) is 0 Å². The van der Waals surface area contributed by atoms with E-state index in [-0.39, 0.29) is 11.4 Å². The van der Waals surface area contributed by atoms with Gasteiger partial charge in [0.25, 0.3) is 5.66 Å². The summed E-state index contributed by atoms with van der Waals surface area (Å²) >= 11 is 0. The zero-order valence-electron chi connectivity index (χ0n) is 16.3. The molecule has 0 spiro atoms. The van der Waals surface area contributed by atoms with E-state index in [1.807, 2.05) is 31.2 Å². The molecule has 156 valence electrons. The maximum absolute atomic E-state index is 14.1. The molecule has 1 aromatic heterocycles. The third-order valence-corrected chi connectivity index (χ3v) is 5.05. The number of benzene rings is 2. The number of nitrogens with one attached hydrogen (secondary N) is 3. The molecule has 0 fully saturated rings. The van der Waals surface area contributed by atoms with Gasteiger partial charge in [0.2, 0.25) is 0 Å². The molecule has 2 aromatic carbocycles. The van der Waals surface area contributed by atoms with Gasteiger partial charge in [0.1, 0.15) is 17.3 Å². The third kappa shape index (κ3) is 3.47. The Bertz CT molecular complexity index is 1060. The lowest BCUT2D eigenvalue weighted by Crippen LogP contribution is -2.52. The van der Waals surface area contributed by atoms with Gasteiger partial charge in [0, 0.05) is 12.6 Å². The monoisotopic (exact) mass is 415 g/mol. The van der Waals surface area contributed by atoms with E-state index < -0.39 is 11.8 Å². The summed E-state index contributed by atoms with van der Waals surface area (Å²) in [6, 6.07) is 12.4. The van der Waals surface area contributed by atoms with Gasteiger partial charge in [-0.25, -0.2) is 4.98 Å². The number of aromatic nitrogens is 2. The summed E-state index contributed by atoms with van der Waals surface area (Å²) in [5.41, 5.74) is -0.112. The lowest BCUT2D eigenvalue weighted by molar-refractivity contribution is -0.173. The van der Waals surface area contributed by atoms with Gasteiger partial charge >= 0.3 is 6.18 Å². The van der Waals surface area contributed by atoms with E-state index in [0.717, 1.165) is 17.3 Å². The molecule has 0 saturated heterocycles. The van der Waals surface area contributed by atoms with Crippen molar-refractivity contribution in [3.8, 4) is 5.75 Å². The normalized spacial score (nSPS) is 17.6. The highest BCUT2D eigenvalue weighted by atomic mass is 19.4. The summed E-state index contributed by atoms with van der Waals surface area (Å²) < 4.78 is 47.5. The van der Waals surface area contributed by atoms with Gasteiger partial charge in [-0.1, -0.05) is 24.3 Å². The fourth-order valence-electron chi connectivity index (χ4n) is 3.32. The number of ether oxygens (including phenoxy) is 1. The second kappa shape index (κ2) is 7.40. The Morgan fingerprint density at radius 1 is 1.03 bits per heavy atom. The smallest absolute Gasteiger partial charge is 0.436 e. The number of hydrogen-bond donors (Lipinski definition) is 3. The second-order valence-corrected chi connectivity index (χ2v) is 6.98.